The van der Waals surface area contributed by atoms with Crippen LogP contribution in [0, 0.1) is 10.8 Å². The van der Waals surface area contributed by atoms with Gasteiger partial charge in [0.2, 0.25) is 0 Å². The minimum absolute atomic E-state index is 0.00382. The van der Waals surface area contributed by atoms with Crippen molar-refractivity contribution in [1.82, 2.24) is 9.80 Å². The van der Waals surface area contributed by atoms with Crippen molar-refractivity contribution in [3.05, 3.63) is 102 Å². The molecule has 0 bridgehead atoms. The van der Waals surface area contributed by atoms with Gasteiger partial charge >= 0.3 is 11.9 Å². The van der Waals surface area contributed by atoms with Gasteiger partial charge in [0, 0.05) is 19.7 Å². The van der Waals surface area contributed by atoms with Crippen LogP contribution >= 0.6 is 0 Å². The quantitative estimate of drug-likeness (QED) is 0.0924. The summed E-state index contributed by atoms with van der Waals surface area (Å²) < 4.78 is 71.7. The lowest BCUT2D eigenvalue weighted by Crippen LogP contribution is -2.45. The Morgan fingerprint density at radius 1 is 0.689 bits per heavy atom. The molecule has 3 aromatic carbocycles. The van der Waals surface area contributed by atoms with Gasteiger partial charge in [-0.15, -0.1) is 0 Å². The lowest BCUT2D eigenvalue weighted by molar-refractivity contribution is -0.172. The van der Waals surface area contributed by atoms with E-state index in [9.17, 15) is 32.7 Å². The van der Waals surface area contributed by atoms with Gasteiger partial charge in [0.15, 0.2) is 12.3 Å². The number of likely N-dealkylation sites (tertiary alicyclic amines) is 2. The van der Waals surface area contributed by atoms with Gasteiger partial charge in [0.1, 0.15) is 22.0 Å². The summed E-state index contributed by atoms with van der Waals surface area (Å²) >= 11 is 0. The Labute approximate surface area is 358 Å². The highest BCUT2D eigenvalue weighted by Gasteiger charge is 2.61. The lowest BCUT2D eigenvalue weighted by Gasteiger charge is -2.32. The summed E-state index contributed by atoms with van der Waals surface area (Å²) in [5.41, 5.74) is -3.35. The highest BCUT2D eigenvalue weighted by Crippen LogP contribution is 2.45. The molecule has 2 fully saturated rings. The molecule has 2 amide bonds. The minimum Gasteiger partial charge on any atom is -0.459 e. The molecule has 0 spiro atoms. The molecule has 2 aliphatic rings. The Bertz CT molecular complexity index is 2060. The van der Waals surface area contributed by atoms with E-state index < -0.39 is 74.3 Å². The van der Waals surface area contributed by atoms with Crippen molar-refractivity contribution in [2.24, 2.45) is 10.8 Å². The van der Waals surface area contributed by atoms with Crippen molar-refractivity contribution in [3.8, 4) is 0 Å². The average Bonchev–Trinajstić information content (AvgIpc) is 3.63. The van der Waals surface area contributed by atoms with Gasteiger partial charge in [-0.2, -0.15) is 8.42 Å². The molecule has 0 saturated carbocycles. The number of aliphatic hydroxyl groups is 1. The van der Waals surface area contributed by atoms with Crippen LogP contribution in [0.5, 0.6) is 0 Å². The SMILES string of the molecule is C[C@H](c1ccccc1)N1C[C@@](CCCO)(C(=O)OC(C)(C)C)C(F)C1=O.C[C@H](c1ccccc1)N1C[C@@](CCCOS(=O)(=O)c2ccccc2)(C(=O)OC(C)(C)C)C(F)C1=O. The average molecular weight is 871 g/mol. The van der Waals surface area contributed by atoms with Crippen molar-refractivity contribution in [3.63, 3.8) is 0 Å². The predicted molar refractivity (Wildman–Crippen MR) is 225 cm³/mol. The molecule has 5 rings (SSSR count). The zero-order valence-corrected chi connectivity index (χ0v) is 37.1. The third-order valence-electron chi connectivity index (χ3n) is 10.8. The van der Waals surface area contributed by atoms with E-state index in [1.807, 2.05) is 67.6 Å². The van der Waals surface area contributed by atoms with Gasteiger partial charge in [-0.1, -0.05) is 78.9 Å². The first kappa shape index (κ1) is 48.9. The summed E-state index contributed by atoms with van der Waals surface area (Å²) in [6, 6.07) is 25.3. The smallest absolute Gasteiger partial charge is 0.317 e. The molecule has 0 radical (unpaired) electrons. The number of hydrogen-bond acceptors (Lipinski definition) is 10. The molecule has 3 aromatic rings. The van der Waals surface area contributed by atoms with E-state index in [-0.39, 0.29) is 62.9 Å². The van der Waals surface area contributed by atoms with Gasteiger partial charge < -0.3 is 24.4 Å². The zero-order chi connectivity index (χ0) is 45.4. The second kappa shape index (κ2) is 20.0. The molecule has 1 N–H and O–H groups in total. The molecule has 12 nitrogen and oxygen atoms in total. The monoisotopic (exact) mass is 870 g/mol. The molecule has 0 aliphatic carbocycles. The number of carbonyl (C=O) groups is 4. The van der Waals surface area contributed by atoms with Crippen LogP contribution in [0.4, 0.5) is 8.78 Å². The van der Waals surface area contributed by atoms with Gasteiger partial charge in [0.25, 0.3) is 21.9 Å². The topological polar surface area (TPSA) is 157 Å². The molecule has 0 aromatic heterocycles. The highest BCUT2D eigenvalue weighted by molar-refractivity contribution is 7.86. The Morgan fingerprint density at radius 2 is 1.05 bits per heavy atom. The molecule has 6 atom stereocenters. The molecule has 15 heteroatoms. The summed E-state index contributed by atoms with van der Waals surface area (Å²) in [7, 11) is -4.00. The number of nitrogens with zero attached hydrogens (tertiary/aromatic N) is 2. The van der Waals surface area contributed by atoms with Gasteiger partial charge in [0.05, 0.1) is 23.6 Å². The van der Waals surface area contributed by atoms with Crippen LogP contribution in [-0.2, 0) is 43.0 Å². The summed E-state index contributed by atoms with van der Waals surface area (Å²) in [6.45, 7) is 13.0. The van der Waals surface area contributed by atoms with Crippen LogP contribution in [0.15, 0.2) is 95.9 Å². The minimum atomic E-state index is -4.00. The molecule has 61 heavy (non-hydrogen) atoms. The third kappa shape index (κ3) is 11.8. The standard InChI is InChI=1S/C26H32FNO6S.C20H28FNO4/c1-19(20-12-7-5-8-13-20)28-18-26(22(27)23(28)29,24(30)34-25(2,3)4)16-11-17-33-35(31,32)21-14-9-6-10-15-21;1-14(15-9-6-5-7-10-15)22-13-20(11-8-12-23,16(21)17(22)24)18(25)26-19(2,3)4/h5-10,12-15,19,22H,11,16-18H2,1-4H3;5-7,9-10,14,16,23H,8,11-13H2,1-4H3/t19-,22?,26-;14-,16?,20-/m11/s1. The van der Waals surface area contributed by atoms with Crippen LogP contribution < -0.4 is 0 Å². The molecule has 2 heterocycles. The molecule has 2 saturated heterocycles. The van der Waals surface area contributed by atoms with Crippen LogP contribution in [0.25, 0.3) is 0 Å². The zero-order valence-electron chi connectivity index (χ0n) is 36.3. The summed E-state index contributed by atoms with van der Waals surface area (Å²) in [5.74, 6) is -3.03. The second-order valence-electron chi connectivity index (χ2n) is 17.7. The largest absolute Gasteiger partial charge is 0.459 e. The van der Waals surface area contributed by atoms with Crippen molar-refractivity contribution in [2.45, 2.75) is 122 Å². The van der Waals surface area contributed by atoms with E-state index in [1.165, 1.54) is 21.9 Å². The normalized spacial score (nSPS) is 22.9. The number of aliphatic hydroxyl groups excluding tert-OH is 1. The number of amides is 2. The summed E-state index contributed by atoms with van der Waals surface area (Å²) in [5, 5.41) is 9.19. The maximum Gasteiger partial charge on any atom is 0.317 e. The van der Waals surface area contributed by atoms with Crippen LogP contribution in [0.1, 0.15) is 104 Å². The number of ether oxygens (including phenoxy) is 2. The van der Waals surface area contributed by atoms with Crippen molar-refractivity contribution >= 4 is 33.9 Å². The number of halogens is 2. The second-order valence-corrected chi connectivity index (χ2v) is 19.3. The molecule has 2 unspecified atom stereocenters. The van der Waals surface area contributed by atoms with E-state index in [1.54, 1.807) is 66.7 Å². The van der Waals surface area contributed by atoms with E-state index >= 15 is 8.78 Å². The Hall–Kier alpha value is -4.73. The van der Waals surface area contributed by atoms with E-state index in [0.29, 0.717) is 0 Å². The van der Waals surface area contributed by atoms with Crippen molar-refractivity contribution in [1.29, 1.82) is 0 Å². The number of rotatable bonds is 15. The van der Waals surface area contributed by atoms with E-state index in [0.717, 1.165) is 11.1 Å². The maximum atomic E-state index is 15.7. The van der Waals surface area contributed by atoms with E-state index in [2.05, 4.69) is 0 Å². The maximum absolute atomic E-state index is 15.7. The van der Waals surface area contributed by atoms with E-state index in [4.69, 9.17) is 13.7 Å². The lowest BCUT2D eigenvalue weighted by atomic mass is 9.80. The van der Waals surface area contributed by atoms with Crippen molar-refractivity contribution in [2.75, 3.05) is 26.3 Å². The van der Waals surface area contributed by atoms with Gasteiger partial charge in [-0.25, -0.2) is 8.78 Å². The fraction of sp³-hybridized carbons (Fsp3) is 0.522. The number of alkyl halides is 2. The fourth-order valence-electron chi connectivity index (χ4n) is 7.48. The predicted octanol–water partition coefficient (Wildman–Crippen LogP) is 7.47. The van der Waals surface area contributed by atoms with Gasteiger partial charge in [-0.3, -0.25) is 23.4 Å². The fourth-order valence-corrected chi connectivity index (χ4v) is 8.45. The Balaban J connectivity index is 0.000000281. The van der Waals surface area contributed by atoms with Crippen LogP contribution in [0.3, 0.4) is 0 Å². The number of hydrogen-bond donors (Lipinski definition) is 1. The highest BCUT2D eigenvalue weighted by atomic mass is 32.2. The summed E-state index contributed by atoms with van der Waals surface area (Å²) in [6.07, 6.45) is -3.89. The first-order valence-corrected chi connectivity index (χ1v) is 21.9. The first-order valence-electron chi connectivity index (χ1n) is 20.5. The third-order valence-corrected chi connectivity index (χ3v) is 12.1. The Morgan fingerprint density at radius 3 is 1.41 bits per heavy atom. The van der Waals surface area contributed by atoms with Crippen LogP contribution in [0.2, 0.25) is 0 Å². The first-order chi connectivity index (χ1) is 28.5. The molecule has 2 aliphatic heterocycles. The number of benzene rings is 3. The summed E-state index contributed by atoms with van der Waals surface area (Å²) in [4.78, 5) is 54.5. The molecular formula is C46H60F2N2O10S. The van der Waals surface area contributed by atoms with Gasteiger partial charge in [-0.05, 0) is 104 Å². The van der Waals surface area contributed by atoms with Crippen LogP contribution in [-0.4, -0.2) is 96.9 Å². The number of carbonyl (C=O) groups excluding carboxylic acids is 4. The van der Waals surface area contributed by atoms with Crippen molar-refractivity contribution < 1.29 is 55.1 Å². The Kier molecular flexibility index (Phi) is 16.0. The molecular weight excluding hydrogens is 811 g/mol. The molecule has 334 valence electrons. The number of esters is 2.